The van der Waals surface area contributed by atoms with Crippen LogP contribution in [0.15, 0.2) is 36.7 Å². The molecule has 1 atom stereocenters. The van der Waals surface area contributed by atoms with Gasteiger partial charge in [-0.3, -0.25) is 4.90 Å². The largest absolute Gasteiger partial charge is 0.393 e. The Kier molecular flexibility index (Phi) is 5.30. The standard InChI is InChI=1S/C23H22F3N5S/c24-23(25,26)10-18-9-19-20(32-18)21(29-15-28-19)31-8-6-22(14-31)5-7-30(13-22)12-17-3-1-16(11-27)2-4-17/h1-4,9,15H,5-8,10,12-14H2. The van der Waals surface area contributed by atoms with Crippen molar-refractivity contribution in [3.05, 3.63) is 52.7 Å². The second-order valence-electron chi connectivity index (χ2n) is 8.86. The van der Waals surface area contributed by atoms with Crippen molar-refractivity contribution in [1.29, 1.82) is 5.26 Å². The van der Waals surface area contributed by atoms with Gasteiger partial charge in [-0.2, -0.15) is 18.4 Å². The number of anilines is 1. The summed E-state index contributed by atoms with van der Waals surface area (Å²) in [4.78, 5) is 13.6. The molecule has 5 rings (SSSR count). The SMILES string of the molecule is N#Cc1ccc(CN2CCC3(CCN(c4ncnc5cc(CC(F)(F)F)sc45)C3)C2)cc1. The maximum atomic E-state index is 12.8. The van der Waals surface area contributed by atoms with Crippen LogP contribution in [0, 0.1) is 16.7 Å². The topological polar surface area (TPSA) is 56.1 Å². The zero-order chi connectivity index (χ0) is 22.3. The van der Waals surface area contributed by atoms with Gasteiger partial charge >= 0.3 is 6.18 Å². The monoisotopic (exact) mass is 457 g/mol. The van der Waals surface area contributed by atoms with E-state index in [2.05, 4.69) is 25.8 Å². The van der Waals surface area contributed by atoms with Gasteiger partial charge in [-0.15, -0.1) is 11.3 Å². The molecule has 9 heteroatoms. The quantitative estimate of drug-likeness (QED) is 0.565. The molecule has 0 bridgehead atoms. The fourth-order valence-electron chi connectivity index (χ4n) is 4.96. The number of benzene rings is 1. The molecule has 0 radical (unpaired) electrons. The van der Waals surface area contributed by atoms with Gasteiger partial charge in [0.2, 0.25) is 0 Å². The summed E-state index contributed by atoms with van der Waals surface area (Å²) >= 11 is 1.15. The van der Waals surface area contributed by atoms with Gasteiger partial charge in [0.1, 0.15) is 12.1 Å². The lowest BCUT2D eigenvalue weighted by Crippen LogP contribution is -2.31. The number of nitriles is 1. The van der Waals surface area contributed by atoms with Crippen LogP contribution in [-0.4, -0.2) is 47.2 Å². The van der Waals surface area contributed by atoms with Gasteiger partial charge < -0.3 is 4.90 Å². The second kappa shape index (κ2) is 8.01. The van der Waals surface area contributed by atoms with Gasteiger partial charge in [-0.1, -0.05) is 12.1 Å². The average molecular weight is 458 g/mol. The van der Waals surface area contributed by atoms with Crippen LogP contribution in [-0.2, 0) is 13.0 Å². The first-order valence-electron chi connectivity index (χ1n) is 10.6. The van der Waals surface area contributed by atoms with Gasteiger partial charge in [0.15, 0.2) is 0 Å². The highest BCUT2D eigenvalue weighted by Crippen LogP contribution is 2.43. The second-order valence-corrected chi connectivity index (χ2v) is 9.99. The highest BCUT2D eigenvalue weighted by molar-refractivity contribution is 7.19. The average Bonchev–Trinajstić information content (AvgIpc) is 3.46. The van der Waals surface area contributed by atoms with E-state index in [-0.39, 0.29) is 10.3 Å². The lowest BCUT2D eigenvalue weighted by atomic mass is 9.86. The smallest absolute Gasteiger partial charge is 0.355 e. The van der Waals surface area contributed by atoms with Crippen LogP contribution in [0.3, 0.4) is 0 Å². The van der Waals surface area contributed by atoms with E-state index in [1.54, 1.807) is 6.07 Å². The number of rotatable bonds is 4. The Morgan fingerprint density at radius 3 is 2.62 bits per heavy atom. The van der Waals surface area contributed by atoms with Crippen LogP contribution in [0.2, 0.25) is 0 Å². The Morgan fingerprint density at radius 2 is 1.88 bits per heavy atom. The molecule has 1 unspecified atom stereocenters. The minimum atomic E-state index is -4.23. The third kappa shape index (κ3) is 4.30. The van der Waals surface area contributed by atoms with Crippen molar-refractivity contribution in [3.8, 4) is 6.07 Å². The summed E-state index contributed by atoms with van der Waals surface area (Å²) in [6, 6.07) is 11.4. The molecule has 2 saturated heterocycles. The first kappa shape index (κ1) is 21.2. The first-order valence-corrected chi connectivity index (χ1v) is 11.4. The van der Waals surface area contributed by atoms with Crippen molar-refractivity contribution in [2.45, 2.75) is 32.0 Å². The third-order valence-electron chi connectivity index (χ3n) is 6.46. The van der Waals surface area contributed by atoms with Gasteiger partial charge in [0.05, 0.1) is 28.3 Å². The summed E-state index contributed by atoms with van der Waals surface area (Å²) in [6.07, 6.45) is -1.56. The maximum absolute atomic E-state index is 12.8. The summed E-state index contributed by atoms with van der Waals surface area (Å²) in [7, 11) is 0. The highest BCUT2D eigenvalue weighted by Gasteiger charge is 2.44. The summed E-state index contributed by atoms with van der Waals surface area (Å²) in [5, 5.41) is 8.96. The molecule has 0 amide bonds. The molecule has 166 valence electrons. The lowest BCUT2D eigenvalue weighted by molar-refractivity contribution is -0.126. The van der Waals surface area contributed by atoms with Gasteiger partial charge in [-0.05, 0) is 43.1 Å². The fraction of sp³-hybridized carbons (Fsp3) is 0.435. The predicted molar refractivity (Wildman–Crippen MR) is 117 cm³/mol. The minimum absolute atomic E-state index is 0.177. The fourth-order valence-corrected chi connectivity index (χ4v) is 6.11. The molecular formula is C23H22F3N5S. The number of fused-ring (bicyclic) bond motifs is 1. The number of nitrogens with zero attached hydrogens (tertiary/aromatic N) is 5. The molecule has 32 heavy (non-hydrogen) atoms. The zero-order valence-corrected chi connectivity index (χ0v) is 18.2. The Balaban J connectivity index is 1.29. The van der Waals surface area contributed by atoms with Crippen molar-refractivity contribution in [3.63, 3.8) is 0 Å². The third-order valence-corrected chi connectivity index (χ3v) is 7.58. The molecule has 3 aromatic rings. The molecule has 5 nitrogen and oxygen atoms in total. The van der Waals surface area contributed by atoms with E-state index in [0.29, 0.717) is 11.1 Å². The van der Waals surface area contributed by atoms with Crippen LogP contribution < -0.4 is 4.90 Å². The van der Waals surface area contributed by atoms with Gasteiger partial charge in [0.25, 0.3) is 0 Å². The number of hydrogen-bond donors (Lipinski definition) is 0. The Bertz CT molecular complexity index is 1170. The molecule has 2 fully saturated rings. The van der Waals surface area contributed by atoms with E-state index in [4.69, 9.17) is 5.26 Å². The summed E-state index contributed by atoms with van der Waals surface area (Å²) in [5.41, 5.74) is 2.63. The van der Waals surface area contributed by atoms with E-state index in [1.165, 1.54) is 11.9 Å². The Morgan fingerprint density at radius 1 is 1.09 bits per heavy atom. The normalized spacial score (nSPS) is 21.6. The van der Waals surface area contributed by atoms with E-state index in [9.17, 15) is 13.2 Å². The molecule has 1 aromatic carbocycles. The van der Waals surface area contributed by atoms with E-state index < -0.39 is 12.6 Å². The van der Waals surface area contributed by atoms with Crippen LogP contribution in [0.25, 0.3) is 10.2 Å². The predicted octanol–water partition coefficient (Wildman–Crippen LogP) is 4.77. The zero-order valence-electron chi connectivity index (χ0n) is 17.4. The van der Waals surface area contributed by atoms with Gasteiger partial charge in [0, 0.05) is 36.5 Å². The Hall–Kier alpha value is -2.70. The number of alkyl halides is 3. The number of likely N-dealkylation sites (tertiary alicyclic amines) is 1. The first-order chi connectivity index (χ1) is 15.3. The van der Waals surface area contributed by atoms with E-state index >= 15 is 0 Å². The van der Waals surface area contributed by atoms with Crippen LogP contribution in [0.1, 0.15) is 28.8 Å². The maximum Gasteiger partial charge on any atom is 0.393 e. The molecule has 2 aliphatic rings. The van der Waals surface area contributed by atoms with E-state index in [0.717, 1.165) is 67.4 Å². The Labute approximate surface area is 188 Å². The molecule has 4 heterocycles. The molecule has 1 spiro atoms. The van der Waals surface area contributed by atoms with Crippen molar-refractivity contribution in [2.75, 3.05) is 31.1 Å². The molecule has 2 aliphatic heterocycles. The molecular weight excluding hydrogens is 435 g/mol. The summed E-state index contributed by atoms with van der Waals surface area (Å²) in [6.45, 7) is 4.57. The van der Waals surface area contributed by atoms with Crippen molar-refractivity contribution in [2.24, 2.45) is 5.41 Å². The van der Waals surface area contributed by atoms with Crippen molar-refractivity contribution >= 4 is 27.4 Å². The summed E-state index contributed by atoms with van der Waals surface area (Å²) < 4.78 is 39.3. The number of thiophene rings is 1. The van der Waals surface area contributed by atoms with E-state index in [1.807, 2.05) is 24.3 Å². The van der Waals surface area contributed by atoms with Crippen molar-refractivity contribution < 1.29 is 13.2 Å². The van der Waals surface area contributed by atoms with Crippen molar-refractivity contribution in [1.82, 2.24) is 14.9 Å². The number of aromatic nitrogens is 2. The van der Waals surface area contributed by atoms with Gasteiger partial charge in [-0.25, -0.2) is 9.97 Å². The molecule has 0 N–H and O–H groups in total. The minimum Gasteiger partial charge on any atom is -0.355 e. The number of hydrogen-bond acceptors (Lipinski definition) is 6. The van der Waals surface area contributed by atoms with Crippen LogP contribution in [0.5, 0.6) is 0 Å². The molecule has 0 aliphatic carbocycles. The van der Waals surface area contributed by atoms with Crippen LogP contribution >= 0.6 is 11.3 Å². The molecule has 2 aromatic heterocycles. The van der Waals surface area contributed by atoms with Crippen LogP contribution in [0.4, 0.5) is 19.0 Å². The highest BCUT2D eigenvalue weighted by atomic mass is 32.1. The lowest BCUT2D eigenvalue weighted by Gasteiger charge is -2.25. The number of halogens is 3. The molecule has 0 saturated carbocycles. The summed E-state index contributed by atoms with van der Waals surface area (Å²) in [5.74, 6) is 0.760.